The number of methoxy groups -OCH3 is 1. The minimum Gasteiger partial charge on any atom is -0.496 e. The largest absolute Gasteiger partial charge is 0.496 e. The predicted molar refractivity (Wildman–Crippen MR) is 133 cm³/mol. The summed E-state index contributed by atoms with van der Waals surface area (Å²) in [7, 11) is 1.73. The van der Waals surface area contributed by atoms with E-state index >= 15 is 0 Å². The van der Waals surface area contributed by atoms with E-state index < -0.39 is 6.10 Å². The van der Waals surface area contributed by atoms with Crippen LogP contribution < -0.4 is 9.64 Å². The zero-order valence-corrected chi connectivity index (χ0v) is 20.2. The molecule has 0 saturated heterocycles. The fourth-order valence-corrected chi connectivity index (χ4v) is 5.33. The number of unbranched alkanes of at least 4 members (excludes halogenated alkanes) is 1. The molecule has 178 valence electrons. The number of aliphatic hydroxyl groups excluding tert-OH is 1. The molecular formula is C28H38N2O3. The predicted octanol–water partition coefficient (Wildman–Crippen LogP) is 4.69. The number of ether oxygens (including phenoxy) is 1. The molecule has 0 spiro atoms. The number of hydrogen-bond donors (Lipinski definition) is 1. The monoisotopic (exact) mass is 450 g/mol. The van der Waals surface area contributed by atoms with Crippen LogP contribution in [-0.4, -0.2) is 49.2 Å². The van der Waals surface area contributed by atoms with Crippen molar-refractivity contribution in [1.29, 1.82) is 0 Å². The van der Waals surface area contributed by atoms with Gasteiger partial charge in [-0.3, -0.25) is 4.79 Å². The van der Waals surface area contributed by atoms with Gasteiger partial charge in [0.2, 0.25) is 5.91 Å². The summed E-state index contributed by atoms with van der Waals surface area (Å²) in [6.07, 6.45) is 6.83. The second-order valence-electron chi connectivity index (χ2n) is 9.34. The summed E-state index contributed by atoms with van der Waals surface area (Å²) < 4.78 is 5.48. The topological polar surface area (TPSA) is 53.0 Å². The van der Waals surface area contributed by atoms with Gasteiger partial charge >= 0.3 is 0 Å². The van der Waals surface area contributed by atoms with Gasteiger partial charge < -0.3 is 19.6 Å². The molecule has 4 rings (SSSR count). The van der Waals surface area contributed by atoms with E-state index in [0.717, 1.165) is 88.1 Å². The van der Waals surface area contributed by atoms with Crippen LogP contribution in [0.2, 0.25) is 0 Å². The lowest BCUT2D eigenvalue weighted by Crippen LogP contribution is -2.39. The zero-order chi connectivity index (χ0) is 23.2. The Bertz CT molecular complexity index is 941. The second-order valence-corrected chi connectivity index (χ2v) is 9.34. The number of benzene rings is 2. The molecule has 0 aliphatic carbocycles. The molecule has 2 aliphatic rings. The van der Waals surface area contributed by atoms with Crippen molar-refractivity contribution >= 4 is 11.6 Å². The van der Waals surface area contributed by atoms with Crippen molar-refractivity contribution in [3.05, 3.63) is 58.7 Å². The molecule has 0 radical (unpaired) electrons. The summed E-state index contributed by atoms with van der Waals surface area (Å²) in [5.41, 5.74) is 5.92. The first-order chi connectivity index (χ1) is 16.1. The van der Waals surface area contributed by atoms with E-state index in [0.29, 0.717) is 6.42 Å². The van der Waals surface area contributed by atoms with Crippen LogP contribution in [0.5, 0.6) is 5.75 Å². The summed E-state index contributed by atoms with van der Waals surface area (Å²) >= 11 is 0. The Morgan fingerprint density at radius 1 is 1.09 bits per heavy atom. The lowest BCUT2D eigenvalue weighted by atomic mass is 9.88. The van der Waals surface area contributed by atoms with Gasteiger partial charge in [0, 0.05) is 19.5 Å². The van der Waals surface area contributed by atoms with Crippen LogP contribution in [0.1, 0.15) is 67.4 Å². The first-order valence-electron chi connectivity index (χ1n) is 12.6. The zero-order valence-electron chi connectivity index (χ0n) is 20.2. The van der Waals surface area contributed by atoms with E-state index in [-0.39, 0.29) is 5.91 Å². The van der Waals surface area contributed by atoms with E-state index in [4.69, 9.17) is 4.74 Å². The molecule has 0 aromatic heterocycles. The molecular weight excluding hydrogens is 412 g/mol. The Morgan fingerprint density at radius 2 is 1.88 bits per heavy atom. The Kier molecular flexibility index (Phi) is 8.05. The number of para-hydroxylation sites is 1. The fourth-order valence-electron chi connectivity index (χ4n) is 5.33. The number of carbonyl (C=O) groups is 1. The maximum atomic E-state index is 12.3. The molecule has 1 N–H and O–H groups in total. The molecule has 5 nitrogen and oxygen atoms in total. The highest BCUT2D eigenvalue weighted by Crippen LogP contribution is 2.38. The Hall–Kier alpha value is -2.37. The van der Waals surface area contributed by atoms with Gasteiger partial charge in [0.25, 0.3) is 0 Å². The van der Waals surface area contributed by atoms with Gasteiger partial charge in [0.1, 0.15) is 5.75 Å². The number of hydrogen-bond acceptors (Lipinski definition) is 4. The van der Waals surface area contributed by atoms with Crippen molar-refractivity contribution in [3.8, 4) is 5.75 Å². The van der Waals surface area contributed by atoms with E-state index in [1.165, 1.54) is 16.7 Å². The molecule has 33 heavy (non-hydrogen) atoms. The molecule has 2 aromatic carbocycles. The smallest absolute Gasteiger partial charge is 0.227 e. The minimum absolute atomic E-state index is 0.253. The van der Waals surface area contributed by atoms with Crippen LogP contribution in [0.15, 0.2) is 36.4 Å². The molecule has 0 fully saturated rings. The van der Waals surface area contributed by atoms with Gasteiger partial charge in [0.15, 0.2) is 0 Å². The summed E-state index contributed by atoms with van der Waals surface area (Å²) in [5, 5.41) is 10.9. The third-order valence-electron chi connectivity index (χ3n) is 7.22. The van der Waals surface area contributed by atoms with Crippen molar-refractivity contribution in [2.24, 2.45) is 0 Å². The highest BCUT2D eigenvalue weighted by molar-refractivity contribution is 5.97. The van der Waals surface area contributed by atoms with Crippen molar-refractivity contribution in [3.63, 3.8) is 0 Å². The van der Waals surface area contributed by atoms with Crippen LogP contribution in [0.3, 0.4) is 0 Å². The van der Waals surface area contributed by atoms with E-state index in [1.54, 1.807) is 7.11 Å². The minimum atomic E-state index is -0.428. The van der Waals surface area contributed by atoms with Crippen LogP contribution in [0.4, 0.5) is 5.69 Å². The number of rotatable bonds is 11. The standard InChI is InChI=1S/C28H38N2O3/c1-3-29(18-15-21-9-4-5-12-26(21)33-2)16-7-6-11-25(31)24-19-22-10-8-17-30-27(32)14-13-23(20-24)28(22)30/h4-5,9,12,19-20,25,31H,3,6-8,10-11,13-18H2,1-2H3. The Labute approximate surface area is 198 Å². The van der Waals surface area contributed by atoms with E-state index in [9.17, 15) is 9.90 Å². The number of carbonyl (C=O) groups excluding carboxylic acids is 1. The molecule has 1 atom stereocenters. The number of aryl methyl sites for hydroxylation is 2. The van der Waals surface area contributed by atoms with Crippen molar-refractivity contribution in [2.45, 2.75) is 64.4 Å². The number of nitrogens with zero attached hydrogens (tertiary/aromatic N) is 2. The average molecular weight is 451 g/mol. The SMILES string of the molecule is CCN(CCCCC(O)c1cc2c3c(c1)CCC(=O)N3CCC2)CCc1ccccc1OC. The molecule has 2 aromatic rings. The second kappa shape index (κ2) is 11.2. The van der Waals surface area contributed by atoms with Crippen molar-refractivity contribution < 1.29 is 14.6 Å². The summed E-state index contributed by atoms with van der Waals surface area (Å²) in [6.45, 7) is 6.14. The van der Waals surface area contributed by atoms with Gasteiger partial charge in [-0.2, -0.15) is 0 Å². The van der Waals surface area contributed by atoms with Crippen molar-refractivity contribution in [2.75, 3.05) is 38.2 Å². The van der Waals surface area contributed by atoms with Gasteiger partial charge in [-0.1, -0.05) is 37.3 Å². The number of likely N-dealkylation sites (N-methyl/N-ethyl adjacent to an activating group) is 1. The summed E-state index contributed by atoms with van der Waals surface area (Å²) in [5.74, 6) is 1.22. The van der Waals surface area contributed by atoms with Gasteiger partial charge in [-0.05, 0) is 86.4 Å². The highest BCUT2D eigenvalue weighted by atomic mass is 16.5. The van der Waals surface area contributed by atoms with Crippen molar-refractivity contribution in [1.82, 2.24) is 4.90 Å². The summed E-state index contributed by atoms with van der Waals surface area (Å²) in [6, 6.07) is 12.6. The Morgan fingerprint density at radius 3 is 2.67 bits per heavy atom. The van der Waals surface area contributed by atoms with Gasteiger partial charge in [0.05, 0.1) is 18.9 Å². The van der Waals surface area contributed by atoms with Crippen LogP contribution in [0.25, 0.3) is 0 Å². The average Bonchev–Trinajstić information content (AvgIpc) is 2.85. The number of anilines is 1. The molecule has 2 heterocycles. The molecule has 1 amide bonds. The quantitative estimate of drug-likeness (QED) is 0.505. The van der Waals surface area contributed by atoms with E-state index in [2.05, 4.69) is 36.1 Å². The molecule has 1 unspecified atom stereocenters. The van der Waals surface area contributed by atoms with Crippen LogP contribution in [0, 0.1) is 0 Å². The lowest BCUT2D eigenvalue weighted by Gasteiger charge is -2.36. The number of aliphatic hydroxyl groups is 1. The maximum absolute atomic E-state index is 12.3. The first kappa shape index (κ1) is 23.8. The van der Waals surface area contributed by atoms with Crippen LogP contribution in [-0.2, 0) is 24.1 Å². The molecule has 2 aliphatic heterocycles. The van der Waals surface area contributed by atoms with E-state index in [1.807, 2.05) is 17.0 Å². The Balaban J connectivity index is 1.27. The maximum Gasteiger partial charge on any atom is 0.227 e. The molecule has 5 heteroatoms. The normalized spacial score (nSPS) is 16.1. The molecule has 0 bridgehead atoms. The first-order valence-corrected chi connectivity index (χ1v) is 12.6. The third kappa shape index (κ3) is 5.59. The molecule has 0 saturated carbocycles. The van der Waals surface area contributed by atoms with Gasteiger partial charge in [-0.25, -0.2) is 0 Å². The van der Waals surface area contributed by atoms with Gasteiger partial charge in [-0.15, -0.1) is 0 Å². The highest BCUT2D eigenvalue weighted by Gasteiger charge is 2.30. The third-order valence-corrected chi connectivity index (χ3v) is 7.22. The lowest BCUT2D eigenvalue weighted by molar-refractivity contribution is -0.119. The number of amides is 1. The van der Waals surface area contributed by atoms with Crippen LogP contribution >= 0.6 is 0 Å². The summed E-state index contributed by atoms with van der Waals surface area (Å²) in [4.78, 5) is 16.7. The fraction of sp³-hybridized carbons (Fsp3) is 0.536.